The van der Waals surface area contributed by atoms with E-state index >= 15 is 0 Å². The van der Waals surface area contributed by atoms with E-state index in [0.29, 0.717) is 12.1 Å². The zero-order valence-electron chi connectivity index (χ0n) is 11.7. The van der Waals surface area contributed by atoms with E-state index in [-0.39, 0.29) is 0 Å². The van der Waals surface area contributed by atoms with Gasteiger partial charge in [-0.25, -0.2) is 0 Å². The highest BCUT2D eigenvalue weighted by atomic mass is 35.5. The van der Waals surface area contributed by atoms with Crippen LogP contribution in [-0.2, 0) is 6.42 Å². The molecule has 3 heteroatoms. The highest BCUT2D eigenvalue weighted by molar-refractivity contribution is 6.30. The normalized spacial score (nSPS) is 14.0. The SMILES string of the molecule is CC(Cc1ccc(Cl)cc1)N[C@H](C)c1ccc(Cl)cc1. The zero-order valence-corrected chi connectivity index (χ0v) is 13.2. The molecule has 0 heterocycles. The molecule has 0 bridgehead atoms. The van der Waals surface area contributed by atoms with E-state index in [1.165, 1.54) is 11.1 Å². The van der Waals surface area contributed by atoms with E-state index in [4.69, 9.17) is 23.2 Å². The van der Waals surface area contributed by atoms with Gasteiger partial charge in [0.2, 0.25) is 0 Å². The van der Waals surface area contributed by atoms with Gasteiger partial charge in [0.05, 0.1) is 0 Å². The van der Waals surface area contributed by atoms with Gasteiger partial charge in [0.25, 0.3) is 0 Å². The number of hydrogen-bond donors (Lipinski definition) is 1. The lowest BCUT2D eigenvalue weighted by atomic mass is 10.0. The number of nitrogens with one attached hydrogen (secondary N) is 1. The molecule has 0 radical (unpaired) electrons. The van der Waals surface area contributed by atoms with Crippen molar-refractivity contribution >= 4 is 23.2 Å². The Hall–Kier alpha value is -1.02. The lowest BCUT2D eigenvalue weighted by Gasteiger charge is -2.20. The van der Waals surface area contributed by atoms with Gasteiger partial charge >= 0.3 is 0 Å². The molecule has 0 aliphatic heterocycles. The molecule has 0 aromatic heterocycles. The average Bonchev–Trinajstić information content (AvgIpc) is 2.42. The summed E-state index contributed by atoms with van der Waals surface area (Å²) < 4.78 is 0. The van der Waals surface area contributed by atoms with Crippen molar-refractivity contribution in [2.24, 2.45) is 0 Å². The topological polar surface area (TPSA) is 12.0 Å². The van der Waals surface area contributed by atoms with E-state index in [1.54, 1.807) is 0 Å². The molecule has 20 heavy (non-hydrogen) atoms. The Morgan fingerprint density at radius 3 is 1.90 bits per heavy atom. The first-order valence-corrected chi connectivity index (χ1v) is 7.56. The number of hydrogen-bond acceptors (Lipinski definition) is 1. The zero-order chi connectivity index (χ0) is 14.5. The van der Waals surface area contributed by atoms with Gasteiger partial charge in [-0.15, -0.1) is 0 Å². The van der Waals surface area contributed by atoms with Crippen molar-refractivity contribution in [2.75, 3.05) is 0 Å². The molecule has 2 aromatic carbocycles. The fourth-order valence-electron chi connectivity index (χ4n) is 2.31. The van der Waals surface area contributed by atoms with Crippen molar-refractivity contribution in [1.82, 2.24) is 5.32 Å². The van der Waals surface area contributed by atoms with E-state index in [9.17, 15) is 0 Å². The second kappa shape index (κ2) is 7.12. The molecule has 0 aliphatic rings. The molecule has 0 aliphatic carbocycles. The van der Waals surface area contributed by atoms with Crippen LogP contribution in [0, 0.1) is 0 Å². The van der Waals surface area contributed by atoms with Crippen LogP contribution in [0.15, 0.2) is 48.5 Å². The molecule has 0 spiro atoms. The fraction of sp³-hybridized carbons (Fsp3) is 0.294. The Morgan fingerprint density at radius 1 is 0.850 bits per heavy atom. The Morgan fingerprint density at radius 2 is 1.35 bits per heavy atom. The smallest absolute Gasteiger partial charge is 0.0406 e. The minimum atomic E-state index is 0.301. The molecule has 0 fully saturated rings. The van der Waals surface area contributed by atoms with Crippen LogP contribution in [0.3, 0.4) is 0 Å². The van der Waals surface area contributed by atoms with Crippen molar-refractivity contribution in [3.8, 4) is 0 Å². The number of benzene rings is 2. The maximum Gasteiger partial charge on any atom is 0.0406 e. The molecule has 0 saturated carbocycles. The predicted molar refractivity (Wildman–Crippen MR) is 87.6 cm³/mol. The lowest BCUT2D eigenvalue weighted by Crippen LogP contribution is -2.30. The summed E-state index contributed by atoms with van der Waals surface area (Å²) in [6.45, 7) is 4.36. The molecular formula is C17H19Cl2N. The highest BCUT2D eigenvalue weighted by Crippen LogP contribution is 2.17. The van der Waals surface area contributed by atoms with Crippen LogP contribution in [-0.4, -0.2) is 6.04 Å². The Labute approximate surface area is 130 Å². The van der Waals surface area contributed by atoms with Crippen LogP contribution < -0.4 is 5.32 Å². The minimum Gasteiger partial charge on any atom is -0.307 e. The van der Waals surface area contributed by atoms with Gasteiger partial charge in [-0.1, -0.05) is 47.5 Å². The summed E-state index contributed by atoms with van der Waals surface area (Å²) in [5.74, 6) is 0. The summed E-state index contributed by atoms with van der Waals surface area (Å²) in [5.41, 5.74) is 2.54. The van der Waals surface area contributed by atoms with Crippen molar-refractivity contribution in [3.05, 3.63) is 69.7 Å². The van der Waals surface area contributed by atoms with E-state index in [1.807, 2.05) is 24.3 Å². The molecule has 106 valence electrons. The monoisotopic (exact) mass is 307 g/mol. The third kappa shape index (κ3) is 4.52. The van der Waals surface area contributed by atoms with E-state index < -0.39 is 0 Å². The molecule has 0 amide bonds. The van der Waals surface area contributed by atoms with Gasteiger partial charge in [-0.3, -0.25) is 0 Å². The molecular weight excluding hydrogens is 289 g/mol. The summed E-state index contributed by atoms with van der Waals surface area (Å²) >= 11 is 11.8. The standard InChI is InChI=1S/C17H19Cl2N/c1-12(11-14-3-7-16(18)8-4-14)20-13(2)15-5-9-17(19)10-6-15/h3-10,12-13,20H,11H2,1-2H3/t12?,13-/m1/s1. The first-order chi connectivity index (χ1) is 9.54. The maximum atomic E-state index is 5.91. The van der Waals surface area contributed by atoms with Crippen LogP contribution in [0.2, 0.25) is 10.0 Å². The Balaban J connectivity index is 1.92. The predicted octanol–water partition coefficient (Wildman–Crippen LogP) is 5.28. The number of halogens is 2. The summed E-state index contributed by atoms with van der Waals surface area (Å²) in [4.78, 5) is 0. The Kier molecular flexibility index (Phi) is 5.47. The summed E-state index contributed by atoms with van der Waals surface area (Å²) in [6, 6.07) is 16.7. The lowest BCUT2D eigenvalue weighted by molar-refractivity contribution is 0.477. The van der Waals surface area contributed by atoms with Crippen LogP contribution in [0.1, 0.15) is 31.0 Å². The average molecular weight is 308 g/mol. The molecule has 1 N–H and O–H groups in total. The van der Waals surface area contributed by atoms with Crippen molar-refractivity contribution in [2.45, 2.75) is 32.4 Å². The van der Waals surface area contributed by atoms with Crippen molar-refractivity contribution < 1.29 is 0 Å². The minimum absolute atomic E-state index is 0.301. The molecule has 0 saturated heterocycles. The van der Waals surface area contributed by atoms with Gasteiger partial charge in [-0.05, 0) is 55.7 Å². The fourth-order valence-corrected chi connectivity index (χ4v) is 2.56. The first kappa shape index (κ1) is 15.4. The van der Waals surface area contributed by atoms with Crippen molar-refractivity contribution in [1.29, 1.82) is 0 Å². The first-order valence-electron chi connectivity index (χ1n) is 6.80. The van der Waals surface area contributed by atoms with E-state index in [0.717, 1.165) is 16.5 Å². The van der Waals surface area contributed by atoms with Gasteiger partial charge < -0.3 is 5.32 Å². The van der Waals surface area contributed by atoms with Crippen LogP contribution in [0.5, 0.6) is 0 Å². The quantitative estimate of drug-likeness (QED) is 0.793. The maximum absolute atomic E-state index is 5.91. The van der Waals surface area contributed by atoms with Crippen LogP contribution in [0.4, 0.5) is 0 Å². The van der Waals surface area contributed by atoms with E-state index in [2.05, 4.69) is 43.4 Å². The molecule has 1 nitrogen and oxygen atoms in total. The summed E-state index contributed by atoms with van der Waals surface area (Å²) in [7, 11) is 0. The largest absolute Gasteiger partial charge is 0.307 e. The molecule has 1 unspecified atom stereocenters. The van der Waals surface area contributed by atoms with Gasteiger partial charge in [0, 0.05) is 22.1 Å². The second-order valence-corrected chi connectivity index (χ2v) is 6.04. The summed E-state index contributed by atoms with van der Waals surface area (Å²) in [5, 5.41) is 5.16. The van der Waals surface area contributed by atoms with Gasteiger partial charge in [0.15, 0.2) is 0 Å². The third-order valence-electron chi connectivity index (χ3n) is 3.36. The molecule has 2 atom stereocenters. The van der Waals surface area contributed by atoms with Crippen LogP contribution in [0.25, 0.3) is 0 Å². The highest BCUT2D eigenvalue weighted by Gasteiger charge is 2.10. The van der Waals surface area contributed by atoms with Gasteiger partial charge in [-0.2, -0.15) is 0 Å². The number of rotatable bonds is 5. The molecule has 2 rings (SSSR count). The van der Waals surface area contributed by atoms with Crippen molar-refractivity contribution in [3.63, 3.8) is 0 Å². The van der Waals surface area contributed by atoms with Crippen LogP contribution >= 0.6 is 23.2 Å². The second-order valence-electron chi connectivity index (χ2n) is 5.17. The summed E-state index contributed by atoms with van der Waals surface area (Å²) in [6.07, 6.45) is 0.981. The third-order valence-corrected chi connectivity index (χ3v) is 3.86. The van der Waals surface area contributed by atoms with Gasteiger partial charge in [0.1, 0.15) is 0 Å². The Bertz CT molecular complexity index is 534. The molecule has 2 aromatic rings.